The number of hydrogen-bond donors (Lipinski definition) is 1. The maximum atomic E-state index is 13.5. The third-order valence-electron chi connectivity index (χ3n) is 3.51. The molecule has 2 aromatic carbocycles. The first kappa shape index (κ1) is 15.0. The van der Waals surface area contributed by atoms with Crippen LogP contribution in [0.2, 0.25) is 5.02 Å². The summed E-state index contributed by atoms with van der Waals surface area (Å²) in [5.41, 5.74) is 4.22. The quantitative estimate of drug-likeness (QED) is 0.853. The van der Waals surface area contributed by atoms with E-state index in [4.69, 9.17) is 11.6 Å². The van der Waals surface area contributed by atoms with E-state index in [0.717, 1.165) is 23.2 Å². The normalized spacial score (nSPS) is 12.4. The number of benzene rings is 2. The van der Waals surface area contributed by atoms with Gasteiger partial charge in [-0.05, 0) is 60.8 Å². The van der Waals surface area contributed by atoms with Crippen LogP contribution in [0, 0.1) is 19.7 Å². The lowest BCUT2D eigenvalue weighted by molar-refractivity contribution is 0.603. The summed E-state index contributed by atoms with van der Waals surface area (Å²) >= 11 is 6.39. The van der Waals surface area contributed by atoms with Crippen molar-refractivity contribution in [2.75, 3.05) is 6.54 Å². The molecule has 0 aliphatic carbocycles. The molecule has 0 amide bonds. The third kappa shape index (κ3) is 3.20. The molecule has 0 aromatic heterocycles. The molecule has 0 radical (unpaired) electrons. The van der Waals surface area contributed by atoms with Crippen LogP contribution in [0.3, 0.4) is 0 Å². The lowest BCUT2D eigenvalue weighted by Crippen LogP contribution is -2.22. The Morgan fingerprint density at radius 1 is 1.15 bits per heavy atom. The average molecular weight is 292 g/mol. The van der Waals surface area contributed by atoms with Gasteiger partial charge in [0, 0.05) is 5.02 Å². The van der Waals surface area contributed by atoms with Crippen LogP contribution >= 0.6 is 11.6 Å². The standard InChI is InChI=1S/C17H19ClFN/c1-4-20-17(13-6-5-7-14(19)10-13)15-8-11(2)12(3)9-16(15)18/h5-10,17,20H,4H2,1-3H3. The van der Waals surface area contributed by atoms with Gasteiger partial charge in [0.25, 0.3) is 0 Å². The van der Waals surface area contributed by atoms with Gasteiger partial charge in [-0.1, -0.05) is 36.7 Å². The van der Waals surface area contributed by atoms with E-state index in [1.165, 1.54) is 11.6 Å². The van der Waals surface area contributed by atoms with E-state index in [2.05, 4.69) is 18.3 Å². The Hall–Kier alpha value is -1.38. The van der Waals surface area contributed by atoms with Crippen LogP contribution in [0.25, 0.3) is 0 Å². The summed E-state index contributed by atoms with van der Waals surface area (Å²) in [5.74, 6) is -0.231. The van der Waals surface area contributed by atoms with Gasteiger partial charge in [0.1, 0.15) is 5.82 Å². The molecule has 1 nitrogen and oxygen atoms in total. The van der Waals surface area contributed by atoms with Gasteiger partial charge in [0.2, 0.25) is 0 Å². The largest absolute Gasteiger partial charge is 0.306 e. The van der Waals surface area contributed by atoms with Crippen molar-refractivity contribution in [2.45, 2.75) is 26.8 Å². The van der Waals surface area contributed by atoms with Crippen LogP contribution in [0.1, 0.15) is 35.2 Å². The highest BCUT2D eigenvalue weighted by Crippen LogP contribution is 2.31. The first-order valence-electron chi connectivity index (χ1n) is 6.78. The zero-order chi connectivity index (χ0) is 14.7. The average Bonchev–Trinajstić information content (AvgIpc) is 2.40. The van der Waals surface area contributed by atoms with Crippen molar-refractivity contribution < 1.29 is 4.39 Å². The van der Waals surface area contributed by atoms with Gasteiger partial charge in [-0.25, -0.2) is 4.39 Å². The van der Waals surface area contributed by atoms with Gasteiger partial charge >= 0.3 is 0 Å². The highest BCUT2D eigenvalue weighted by atomic mass is 35.5. The van der Waals surface area contributed by atoms with E-state index in [-0.39, 0.29) is 11.9 Å². The maximum absolute atomic E-state index is 13.5. The van der Waals surface area contributed by atoms with E-state index in [9.17, 15) is 4.39 Å². The predicted molar refractivity (Wildman–Crippen MR) is 82.8 cm³/mol. The smallest absolute Gasteiger partial charge is 0.123 e. The second-order valence-electron chi connectivity index (χ2n) is 5.00. The molecule has 1 unspecified atom stereocenters. The maximum Gasteiger partial charge on any atom is 0.123 e. The van der Waals surface area contributed by atoms with Gasteiger partial charge in [-0.15, -0.1) is 0 Å². The minimum atomic E-state index is -0.231. The molecule has 0 saturated carbocycles. The van der Waals surface area contributed by atoms with Crippen LogP contribution < -0.4 is 5.32 Å². The van der Waals surface area contributed by atoms with Gasteiger partial charge in [0.05, 0.1) is 6.04 Å². The summed E-state index contributed by atoms with van der Waals surface area (Å²) in [6.45, 7) is 6.91. The topological polar surface area (TPSA) is 12.0 Å². The number of aryl methyl sites for hydroxylation is 2. The van der Waals surface area contributed by atoms with E-state index in [1.807, 2.05) is 26.0 Å². The predicted octanol–water partition coefficient (Wildman–Crippen LogP) is 4.79. The molecule has 0 heterocycles. The van der Waals surface area contributed by atoms with Crippen LogP contribution in [-0.2, 0) is 0 Å². The summed E-state index contributed by atoms with van der Waals surface area (Å²) in [4.78, 5) is 0. The third-order valence-corrected chi connectivity index (χ3v) is 3.84. The first-order valence-corrected chi connectivity index (χ1v) is 7.16. The van der Waals surface area contributed by atoms with E-state index in [1.54, 1.807) is 12.1 Å². The molecule has 0 fully saturated rings. The molecule has 0 saturated heterocycles. The molecular formula is C17H19ClFN. The van der Waals surface area contributed by atoms with Crippen LogP contribution in [0.5, 0.6) is 0 Å². The van der Waals surface area contributed by atoms with Crippen molar-refractivity contribution in [1.29, 1.82) is 0 Å². The van der Waals surface area contributed by atoms with Crippen molar-refractivity contribution in [2.24, 2.45) is 0 Å². The molecule has 0 aliphatic heterocycles. The zero-order valence-electron chi connectivity index (χ0n) is 12.0. The second-order valence-corrected chi connectivity index (χ2v) is 5.41. The minimum absolute atomic E-state index is 0.0949. The molecular weight excluding hydrogens is 273 g/mol. The van der Waals surface area contributed by atoms with Crippen molar-refractivity contribution in [1.82, 2.24) is 5.32 Å². The Labute approximate surface area is 124 Å². The summed E-state index contributed by atoms with van der Waals surface area (Å²) in [6.07, 6.45) is 0. The fraction of sp³-hybridized carbons (Fsp3) is 0.294. The lowest BCUT2D eigenvalue weighted by atomic mass is 9.95. The number of nitrogens with one attached hydrogen (secondary N) is 1. The summed E-state index contributed by atoms with van der Waals surface area (Å²) < 4.78 is 13.5. The molecule has 0 bridgehead atoms. The van der Waals surface area contributed by atoms with Crippen LogP contribution in [0.15, 0.2) is 36.4 Å². The SMILES string of the molecule is CCNC(c1cccc(F)c1)c1cc(C)c(C)cc1Cl. The Kier molecular flexibility index (Phi) is 4.79. The Morgan fingerprint density at radius 2 is 1.85 bits per heavy atom. The van der Waals surface area contributed by atoms with E-state index >= 15 is 0 Å². The molecule has 2 rings (SSSR count). The second kappa shape index (κ2) is 6.38. The molecule has 1 N–H and O–H groups in total. The number of halogens is 2. The highest BCUT2D eigenvalue weighted by Gasteiger charge is 2.17. The van der Waals surface area contributed by atoms with Crippen LogP contribution in [-0.4, -0.2) is 6.54 Å². The monoisotopic (exact) mass is 291 g/mol. The molecule has 0 spiro atoms. The van der Waals surface area contributed by atoms with Gasteiger partial charge < -0.3 is 5.32 Å². The minimum Gasteiger partial charge on any atom is -0.306 e. The van der Waals surface area contributed by atoms with Gasteiger partial charge in [-0.2, -0.15) is 0 Å². The molecule has 1 atom stereocenters. The van der Waals surface area contributed by atoms with Crippen LogP contribution in [0.4, 0.5) is 4.39 Å². The zero-order valence-corrected chi connectivity index (χ0v) is 12.8. The summed E-state index contributed by atoms with van der Waals surface area (Å²) in [5, 5.41) is 4.09. The Bertz CT molecular complexity index is 610. The van der Waals surface area contributed by atoms with Crippen molar-refractivity contribution in [3.63, 3.8) is 0 Å². The fourth-order valence-corrected chi connectivity index (χ4v) is 2.65. The number of rotatable bonds is 4. The lowest BCUT2D eigenvalue weighted by Gasteiger charge is -2.21. The number of hydrogen-bond acceptors (Lipinski definition) is 1. The highest BCUT2D eigenvalue weighted by molar-refractivity contribution is 6.31. The summed E-state index contributed by atoms with van der Waals surface area (Å²) in [6, 6.07) is 10.6. The molecule has 20 heavy (non-hydrogen) atoms. The first-order chi connectivity index (χ1) is 9.52. The molecule has 0 aliphatic rings. The van der Waals surface area contributed by atoms with E-state index < -0.39 is 0 Å². The summed E-state index contributed by atoms with van der Waals surface area (Å²) in [7, 11) is 0. The van der Waals surface area contributed by atoms with Crippen molar-refractivity contribution in [3.8, 4) is 0 Å². The molecule has 2 aromatic rings. The Morgan fingerprint density at radius 3 is 2.50 bits per heavy atom. The molecule has 3 heteroatoms. The van der Waals surface area contributed by atoms with Gasteiger partial charge in [0.15, 0.2) is 0 Å². The van der Waals surface area contributed by atoms with Crippen molar-refractivity contribution >= 4 is 11.6 Å². The van der Waals surface area contributed by atoms with Crippen molar-refractivity contribution in [3.05, 3.63) is 69.5 Å². The Balaban J connectivity index is 2.51. The molecule has 106 valence electrons. The van der Waals surface area contributed by atoms with Gasteiger partial charge in [-0.3, -0.25) is 0 Å². The fourth-order valence-electron chi connectivity index (χ4n) is 2.32. The van der Waals surface area contributed by atoms with E-state index in [0.29, 0.717) is 5.02 Å².